The van der Waals surface area contributed by atoms with E-state index in [2.05, 4.69) is 26.5 Å². The topological polar surface area (TPSA) is 26.0 Å². The lowest BCUT2D eigenvalue weighted by molar-refractivity contribution is 0.867. The predicted molar refractivity (Wildman–Crippen MR) is 59.7 cm³/mol. The molecule has 0 saturated carbocycles. The Hall–Kier alpha value is -1.24. The zero-order valence-electron chi connectivity index (χ0n) is 8.59. The van der Waals surface area contributed by atoms with Crippen LogP contribution in [0.25, 0.3) is 5.57 Å². The first kappa shape index (κ1) is 9.85. The Morgan fingerprint density at radius 3 is 2.38 bits per heavy atom. The van der Waals surface area contributed by atoms with E-state index >= 15 is 0 Å². The molecule has 0 aromatic heterocycles. The summed E-state index contributed by atoms with van der Waals surface area (Å²) in [5, 5.41) is 0. The molecule has 1 rings (SSSR count). The van der Waals surface area contributed by atoms with E-state index in [4.69, 9.17) is 5.73 Å². The van der Waals surface area contributed by atoms with Crippen molar-refractivity contribution in [1.82, 2.24) is 0 Å². The maximum absolute atomic E-state index is 5.90. The van der Waals surface area contributed by atoms with Crippen LogP contribution >= 0.6 is 0 Å². The third-order valence-electron chi connectivity index (χ3n) is 2.20. The maximum atomic E-state index is 5.90. The second-order valence-corrected chi connectivity index (χ2v) is 3.78. The van der Waals surface area contributed by atoms with Gasteiger partial charge in [0.1, 0.15) is 0 Å². The van der Waals surface area contributed by atoms with Crippen molar-refractivity contribution in [3.8, 4) is 0 Å². The van der Waals surface area contributed by atoms with Gasteiger partial charge in [-0.3, -0.25) is 0 Å². The average molecular weight is 175 g/mol. The molecule has 0 unspecified atom stereocenters. The summed E-state index contributed by atoms with van der Waals surface area (Å²) in [5.41, 5.74) is 10.1. The average Bonchev–Trinajstić information content (AvgIpc) is 2.03. The van der Waals surface area contributed by atoms with E-state index in [0.717, 1.165) is 16.8 Å². The monoisotopic (exact) mass is 175 g/mol. The van der Waals surface area contributed by atoms with Crippen LogP contribution in [0.15, 0.2) is 24.8 Å². The molecule has 1 aromatic carbocycles. The molecule has 1 nitrogen and oxygen atoms in total. The number of benzene rings is 1. The van der Waals surface area contributed by atoms with Crippen LogP contribution in [-0.4, -0.2) is 0 Å². The Labute approximate surface area is 80.3 Å². The molecule has 0 radical (unpaired) electrons. The molecule has 0 amide bonds. The normalized spacial score (nSPS) is 10.5. The van der Waals surface area contributed by atoms with Gasteiger partial charge in [-0.25, -0.2) is 0 Å². The molecule has 0 spiro atoms. The van der Waals surface area contributed by atoms with E-state index in [1.807, 2.05) is 19.1 Å². The van der Waals surface area contributed by atoms with Gasteiger partial charge in [0.2, 0.25) is 0 Å². The van der Waals surface area contributed by atoms with Crippen LogP contribution in [0, 0.1) is 0 Å². The highest BCUT2D eigenvalue weighted by Gasteiger charge is 2.03. The first-order chi connectivity index (χ1) is 6.02. The van der Waals surface area contributed by atoms with Gasteiger partial charge in [-0.1, -0.05) is 32.6 Å². The van der Waals surface area contributed by atoms with Gasteiger partial charge in [-0.2, -0.15) is 0 Å². The van der Waals surface area contributed by atoms with Gasteiger partial charge < -0.3 is 5.73 Å². The maximum Gasteiger partial charge on any atom is 0.0392 e. The third kappa shape index (κ3) is 2.11. The fourth-order valence-corrected chi connectivity index (χ4v) is 1.33. The van der Waals surface area contributed by atoms with Crippen LogP contribution < -0.4 is 5.73 Å². The summed E-state index contributed by atoms with van der Waals surface area (Å²) in [6, 6.07) is 6.20. The second kappa shape index (κ2) is 3.65. The van der Waals surface area contributed by atoms with Crippen LogP contribution in [0.2, 0.25) is 0 Å². The SMILES string of the molecule is C=C(C)c1ccc(C(C)C)cc1N. The largest absolute Gasteiger partial charge is 0.398 e. The van der Waals surface area contributed by atoms with Gasteiger partial charge in [0.15, 0.2) is 0 Å². The van der Waals surface area contributed by atoms with Crippen LogP contribution in [0.1, 0.15) is 37.8 Å². The third-order valence-corrected chi connectivity index (χ3v) is 2.20. The minimum absolute atomic E-state index is 0.529. The Morgan fingerprint density at radius 2 is 2.00 bits per heavy atom. The van der Waals surface area contributed by atoms with Gasteiger partial charge in [-0.05, 0) is 35.6 Å². The first-order valence-electron chi connectivity index (χ1n) is 4.57. The summed E-state index contributed by atoms with van der Waals surface area (Å²) in [6.07, 6.45) is 0. The molecule has 0 bridgehead atoms. The summed E-state index contributed by atoms with van der Waals surface area (Å²) in [7, 11) is 0. The van der Waals surface area contributed by atoms with E-state index in [1.54, 1.807) is 0 Å². The summed E-state index contributed by atoms with van der Waals surface area (Å²) in [4.78, 5) is 0. The molecule has 0 aliphatic carbocycles. The number of nitrogen functional groups attached to an aromatic ring is 1. The number of hydrogen-bond acceptors (Lipinski definition) is 1. The van der Waals surface area contributed by atoms with Crippen molar-refractivity contribution in [3.05, 3.63) is 35.9 Å². The van der Waals surface area contributed by atoms with Gasteiger partial charge in [-0.15, -0.1) is 0 Å². The lowest BCUT2D eigenvalue weighted by Crippen LogP contribution is -1.95. The molecule has 1 heteroatoms. The number of allylic oxidation sites excluding steroid dienone is 1. The molecule has 70 valence electrons. The van der Waals surface area contributed by atoms with Crippen molar-refractivity contribution in [2.75, 3.05) is 5.73 Å². The molecule has 0 fully saturated rings. The number of hydrogen-bond donors (Lipinski definition) is 1. The van der Waals surface area contributed by atoms with E-state index in [0.29, 0.717) is 5.92 Å². The highest BCUT2D eigenvalue weighted by Crippen LogP contribution is 2.24. The lowest BCUT2D eigenvalue weighted by Gasteiger charge is -2.10. The zero-order valence-corrected chi connectivity index (χ0v) is 8.59. The quantitative estimate of drug-likeness (QED) is 0.685. The fraction of sp³-hybridized carbons (Fsp3) is 0.333. The minimum Gasteiger partial charge on any atom is -0.398 e. The van der Waals surface area contributed by atoms with Crippen molar-refractivity contribution in [1.29, 1.82) is 0 Å². The standard InChI is InChI=1S/C12H17N/c1-8(2)10-5-6-11(9(3)4)12(13)7-10/h5-8H,3,13H2,1-2,4H3. The summed E-state index contributed by atoms with van der Waals surface area (Å²) in [5.74, 6) is 0.529. The number of rotatable bonds is 2. The van der Waals surface area contributed by atoms with E-state index in [9.17, 15) is 0 Å². The number of nitrogens with two attached hydrogens (primary N) is 1. The van der Waals surface area contributed by atoms with Crippen molar-refractivity contribution in [2.45, 2.75) is 26.7 Å². The fourth-order valence-electron chi connectivity index (χ4n) is 1.33. The Balaban J connectivity index is 3.13. The van der Waals surface area contributed by atoms with Crippen molar-refractivity contribution in [2.24, 2.45) is 0 Å². The van der Waals surface area contributed by atoms with Crippen LogP contribution in [0.5, 0.6) is 0 Å². The molecular weight excluding hydrogens is 158 g/mol. The molecule has 1 aromatic rings. The zero-order chi connectivity index (χ0) is 10.0. The molecule has 2 N–H and O–H groups in total. The first-order valence-corrected chi connectivity index (χ1v) is 4.57. The highest BCUT2D eigenvalue weighted by molar-refractivity contribution is 5.72. The molecule has 0 atom stereocenters. The molecule has 0 aliphatic heterocycles. The molecule has 0 aliphatic rings. The molecular formula is C12H17N. The van der Waals surface area contributed by atoms with E-state index in [-0.39, 0.29) is 0 Å². The van der Waals surface area contributed by atoms with Crippen LogP contribution in [0.4, 0.5) is 5.69 Å². The lowest BCUT2D eigenvalue weighted by atomic mass is 9.98. The Morgan fingerprint density at radius 1 is 1.38 bits per heavy atom. The van der Waals surface area contributed by atoms with Crippen molar-refractivity contribution >= 4 is 11.3 Å². The summed E-state index contributed by atoms with van der Waals surface area (Å²) >= 11 is 0. The minimum atomic E-state index is 0.529. The summed E-state index contributed by atoms with van der Waals surface area (Å²) in [6.45, 7) is 10.2. The molecule has 0 heterocycles. The van der Waals surface area contributed by atoms with Crippen LogP contribution in [-0.2, 0) is 0 Å². The predicted octanol–water partition coefficient (Wildman–Crippen LogP) is 3.43. The Kier molecular flexibility index (Phi) is 2.76. The van der Waals surface area contributed by atoms with Crippen molar-refractivity contribution in [3.63, 3.8) is 0 Å². The van der Waals surface area contributed by atoms with Gasteiger partial charge in [0.25, 0.3) is 0 Å². The number of anilines is 1. The van der Waals surface area contributed by atoms with E-state index in [1.165, 1.54) is 5.56 Å². The molecule has 13 heavy (non-hydrogen) atoms. The van der Waals surface area contributed by atoms with Crippen molar-refractivity contribution < 1.29 is 0 Å². The summed E-state index contributed by atoms with van der Waals surface area (Å²) < 4.78 is 0. The second-order valence-electron chi connectivity index (χ2n) is 3.78. The van der Waals surface area contributed by atoms with Gasteiger partial charge in [0.05, 0.1) is 0 Å². The molecule has 0 saturated heterocycles. The van der Waals surface area contributed by atoms with Gasteiger partial charge in [0, 0.05) is 5.69 Å². The smallest absolute Gasteiger partial charge is 0.0392 e. The highest BCUT2D eigenvalue weighted by atomic mass is 14.6. The Bertz CT molecular complexity index is 324. The van der Waals surface area contributed by atoms with Gasteiger partial charge >= 0.3 is 0 Å². The van der Waals surface area contributed by atoms with Crippen LogP contribution in [0.3, 0.4) is 0 Å². The van der Waals surface area contributed by atoms with E-state index < -0.39 is 0 Å².